The molecular formula is C19H18N2OS. The average Bonchev–Trinajstić information content (AvgIpc) is 3.09. The second-order valence-electron chi connectivity index (χ2n) is 5.84. The van der Waals surface area contributed by atoms with E-state index in [-0.39, 0.29) is 6.04 Å². The molecule has 4 heteroatoms. The lowest BCUT2D eigenvalue weighted by Crippen LogP contribution is -2.42. The van der Waals surface area contributed by atoms with Gasteiger partial charge in [0.25, 0.3) is 0 Å². The van der Waals surface area contributed by atoms with Gasteiger partial charge in [-0.2, -0.15) is 0 Å². The molecule has 0 saturated carbocycles. The fraction of sp³-hybridized carbons (Fsp3) is 0.211. The fourth-order valence-corrected chi connectivity index (χ4v) is 4.58. The Kier molecular flexibility index (Phi) is 3.63. The summed E-state index contributed by atoms with van der Waals surface area (Å²) in [5.41, 5.74) is 11.8. The second kappa shape index (κ2) is 5.80. The van der Waals surface area contributed by atoms with E-state index in [1.54, 1.807) is 11.3 Å². The number of nitrogens with two attached hydrogens (primary N) is 1. The number of nitrogens with zero attached hydrogens (tertiary/aromatic N) is 1. The summed E-state index contributed by atoms with van der Waals surface area (Å²) in [6.45, 7) is 1.33. The van der Waals surface area contributed by atoms with Gasteiger partial charge >= 0.3 is 0 Å². The molecule has 1 atom stereocenters. The second-order valence-corrected chi connectivity index (χ2v) is 6.76. The van der Waals surface area contributed by atoms with Crippen molar-refractivity contribution in [2.24, 2.45) is 5.73 Å². The number of hydrogen-bond acceptors (Lipinski definition) is 4. The predicted molar refractivity (Wildman–Crippen MR) is 95.0 cm³/mol. The molecule has 0 bridgehead atoms. The number of hydrogen-bond donors (Lipinski definition) is 1. The Hall–Kier alpha value is -2.17. The third-order valence-corrected chi connectivity index (χ3v) is 5.58. The van der Waals surface area contributed by atoms with Crippen molar-refractivity contribution in [1.82, 2.24) is 4.90 Å². The van der Waals surface area contributed by atoms with E-state index in [0.717, 1.165) is 41.7 Å². The van der Waals surface area contributed by atoms with Crippen molar-refractivity contribution in [1.29, 1.82) is 0 Å². The summed E-state index contributed by atoms with van der Waals surface area (Å²) < 4.78 is 0. The molecule has 2 aliphatic heterocycles. The minimum atomic E-state index is -0.238. The summed E-state index contributed by atoms with van der Waals surface area (Å²) in [6, 6.07) is 12.1. The molecule has 2 aromatic rings. The normalized spacial score (nSPS) is 20.0. The summed E-state index contributed by atoms with van der Waals surface area (Å²) in [5, 5.41) is 2.13. The van der Waals surface area contributed by atoms with Crippen LogP contribution in [0.4, 0.5) is 0 Å². The van der Waals surface area contributed by atoms with Gasteiger partial charge in [-0.05, 0) is 46.2 Å². The lowest BCUT2D eigenvalue weighted by molar-refractivity contribution is -0.110. The third-order valence-electron chi connectivity index (χ3n) is 4.62. The number of rotatable bonds is 3. The van der Waals surface area contributed by atoms with E-state index in [2.05, 4.69) is 34.6 Å². The minimum Gasteiger partial charge on any atom is -0.356 e. The first-order valence-corrected chi connectivity index (χ1v) is 8.70. The molecule has 0 fully saturated rings. The highest BCUT2D eigenvalue weighted by Crippen LogP contribution is 2.42. The molecule has 116 valence electrons. The first-order chi connectivity index (χ1) is 11.3. The van der Waals surface area contributed by atoms with Gasteiger partial charge < -0.3 is 15.4 Å². The van der Waals surface area contributed by atoms with Gasteiger partial charge in [-0.15, -0.1) is 11.3 Å². The Morgan fingerprint density at radius 1 is 1.26 bits per heavy atom. The molecule has 23 heavy (non-hydrogen) atoms. The van der Waals surface area contributed by atoms with Crippen LogP contribution in [0.1, 0.15) is 16.0 Å². The zero-order valence-electron chi connectivity index (χ0n) is 12.7. The third kappa shape index (κ3) is 2.26. The first-order valence-electron chi connectivity index (χ1n) is 7.82. The van der Waals surface area contributed by atoms with Crippen LogP contribution in [0.5, 0.6) is 0 Å². The predicted octanol–water partition coefficient (Wildman–Crippen LogP) is 2.94. The van der Waals surface area contributed by atoms with Crippen molar-refractivity contribution in [3.63, 3.8) is 0 Å². The highest BCUT2D eigenvalue weighted by atomic mass is 32.1. The molecule has 4 rings (SSSR count). The maximum absolute atomic E-state index is 11.9. The zero-order valence-corrected chi connectivity index (χ0v) is 13.6. The summed E-state index contributed by atoms with van der Waals surface area (Å²) in [5.74, 6) is 0. The van der Waals surface area contributed by atoms with E-state index in [0.29, 0.717) is 6.54 Å². The molecule has 3 heterocycles. The number of thiophene rings is 1. The highest BCUT2D eigenvalue weighted by Gasteiger charge is 2.34. The Balaban J connectivity index is 1.92. The molecule has 3 nitrogen and oxygen atoms in total. The van der Waals surface area contributed by atoms with Crippen LogP contribution in [0.25, 0.3) is 11.3 Å². The lowest BCUT2D eigenvalue weighted by atomic mass is 9.88. The van der Waals surface area contributed by atoms with Crippen LogP contribution in [0.2, 0.25) is 0 Å². The molecule has 0 aliphatic carbocycles. The van der Waals surface area contributed by atoms with Crippen molar-refractivity contribution in [3.05, 3.63) is 69.4 Å². The molecule has 2 N–H and O–H groups in total. The van der Waals surface area contributed by atoms with Crippen LogP contribution in [-0.4, -0.2) is 30.3 Å². The summed E-state index contributed by atoms with van der Waals surface area (Å²) in [6.07, 6.45) is 4.16. The topological polar surface area (TPSA) is 46.3 Å². The number of benzene rings is 1. The fourth-order valence-electron chi connectivity index (χ4n) is 3.53. The van der Waals surface area contributed by atoms with Crippen molar-refractivity contribution in [2.75, 3.05) is 13.1 Å². The Bertz CT molecular complexity index is 804. The first kappa shape index (κ1) is 14.4. The van der Waals surface area contributed by atoms with Crippen molar-refractivity contribution in [2.45, 2.75) is 12.5 Å². The van der Waals surface area contributed by atoms with Crippen molar-refractivity contribution in [3.8, 4) is 0 Å². The molecule has 1 unspecified atom stereocenters. The van der Waals surface area contributed by atoms with E-state index in [1.807, 2.05) is 18.2 Å². The van der Waals surface area contributed by atoms with E-state index in [9.17, 15) is 4.79 Å². The molecule has 1 aromatic heterocycles. The number of fused-ring (bicyclic) bond motifs is 3. The Morgan fingerprint density at radius 3 is 2.83 bits per heavy atom. The molecule has 0 radical (unpaired) electrons. The van der Waals surface area contributed by atoms with Gasteiger partial charge in [0.05, 0.1) is 10.6 Å². The molecule has 0 saturated heterocycles. The van der Waals surface area contributed by atoms with Crippen molar-refractivity contribution < 1.29 is 4.79 Å². The molecule has 2 aliphatic rings. The van der Waals surface area contributed by atoms with Gasteiger partial charge in [0.2, 0.25) is 0 Å². The van der Waals surface area contributed by atoms with E-state index in [4.69, 9.17) is 5.73 Å². The van der Waals surface area contributed by atoms with Crippen LogP contribution < -0.4 is 5.73 Å². The van der Waals surface area contributed by atoms with Gasteiger partial charge in [0.15, 0.2) is 0 Å². The largest absolute Gasteiger partial charge is 0.356 e. The average molecular weight is 322 g/mol. The number of carbonyl (C=O) groups is 1. The molecule has 0 amide bonds. The van der Waals surface area contributed by atoms with Crippen LogP contribution in [0.15, 0.2) is 53.4 Å². The number of carbonyl (C=O) groups excluding carboxylic acids is 1. The van der Waals surface area contributed by atoms with E-state index < -0.39 is 0 Å². The maximum Gasteiger partial charge on any atom is 0.147 e. The molecular weight excluding hydrogens is 304 g/mol. The molecule has 0 spiro atoms. The van der Waals surface area contributed by atoms with E-state index in [1.165, 1.54) is 10.4 Å². The van der Waals surface area contributed by atoms with E-state index >= 15 is 0 Å². The smallest absolute Gasteiger partial charge is 0.147 e. The summed E-state index contributed by atoms with van der Waals surface area (Å²) in [4.78, 5) is 15.4. The quantitative estimate of drug-likeness (QED) is 0.884. The van der Waals surface area contributed by atoms with Crippen molar-refractivity contribution >= 4 is 28.9 Å². The maximum atomic E-state index is 11.9. The van der Waals surface area contributed by atoms with Gasteiger partial charge in [0, 0.05) is 13.1 Å². The minimum absolute atomic E-state index is 0.238. The monoisotopic (exact) mass is 322 g/mol. The van der Waals surface area contributed by atoms with Crippen LogP contribution in [0.3, 0.4) is 0 Å². The van der Waals surface area contributed by atoms with Gasteiger partial charge in [-0.25, -0.2) is 0 Å². The van der Waals surface area contributed by atoms with Gasteiger partial charge in [0.1, 0.15) is 12.3 Å². The SMILES string of the molecule is NCC1=C2c3sccc3CCN2C(C=O)C(c2ccccc2)=C1. The standard InChI is InChI=1S/C19H18N2OS/c20-11-15-10-16(13-4-2-1-3-5-13)17(12-22)21-8-6-14-7-9-23-19(14)18(15)21/h1-5,7,9-10,12,17H,6,8,11,20H2. The highest BCUT2D eigenvalue weighted by molar-refractivity contribution is 7.11. The van der Waals surface area contributed by atoms with Crippen LogP contribution in [0, 0.1) is 0 Å². The summed E-state index contributed by atoms with van der Waals surface area (Å²) in [7, 11) is 0. The van der Waals surface area contributed by atoms with Gasteiger partial charge in [-0.1, -0.05) is 30.3 Å². The summed E-state index contributed by atoms with van der Waals surface area (Å²) >= 11 is 1.74. The van der Waals surface area contributed by atoms with Crippen LogP contribution >= 0.6 is 11.3 Å². The Labute approximate surface area is 139 Å². The lowest BCUT2D eigenvalue weighted by Gasteiger charge is -2.41. The molecule has 1 aromatic carbocycles. The zero-order chi connectivity index (χ0) is 15.8. The number of aldehydes is 1. The van der Waals surface area contributed by atoms with Crippen LogP contribution in [-0.2, 0) is 11.2 Å². The van der Waals surface area contributed by atoms with Gasteiger partial charge in [-0.3, -0.25) is 0 Å². The Morgan fingerprint density at radius 2 is 2.09 bits per heavy atom.